The van der Waals surface area contributed by atoms with E-state index in [0.717, 1.165) is 5.57 Å². The maximum Gasteiger partial charge on any atom is 0.335 e. The summed E-state index contributed by atoms with van der Waals surface area (Å²) in [7, 11) is 0. The summed E-state index contributed by atoms with van der Waals surface area (Å²) in [5, 5.41) is 9.58. The molecule has 2 aromatic carbocycles. The Morgan fingerprint density at radius 2 is 2.07 bits per heavy atom. The van der Waals surface area contributed by atoms with E-state index in [4.69, 9.17) is 0 Å². The number of benzene rings is 2. The number of fused-ring (bicyclic) bond motifs is 2. The highest BCUT2D eigenvalue weighted by molar-refractivity contribution is 5.93. The molecule has 2 aromatic heterocycles. The van der Waals surface area contributed by atoms with Crippen LogP contribution in [0.3, 0.4) is 0 Å². The predicted octanol–water partition coefficient (Wildman–Crippen LogP) is 3.36. The van der Waals surface area contributed by atoms with Crippen molar-refractivity contribution in [3.63, 3.8) is 0 Å². The van der Waals surface area contributed by atoms with E-state index in [0.29, 0.717) is 40.9 Å². The number of rotatable bonds is 3. The molecule has 3 heterocycles. The molecule has 0 saturated carbocycles. The molecule has 30 heavy (non-hydrogen) atoms. The Labute approximate surface area is 169 Å². The molecule has 148 valence electrons. The summed E-state index contributed by atoms with van der Waals surface area (Å²) < 4.78 is 17.7. The molecule has 1 aliphatic rings. The first-order valence-corrected chi connectivity index (χ1v) is 9.28. The standard InChI is InChI=1S/C22H15FN4O3/c23-17-10-13(1-4-19(17)26-8-6-24-12-26)9-14-5-7-27-20(14)25-18-11-15(22(29)30)2-3-16(18)21(27)28/h1-4,6,8-12H,5,7H2,(H,29,30)/b14-9-. The van der Waals surface area contributed by atoms with Gasteiger partial charge in [-0.05, 0) is 54.0 Å². The SMILES string of the molecule is O=C(O)c1ccc2c(=O)n3c(nc2c1)/C(=C\c1ccc(-n2ccnc2)c(F)c1)CC3. The predicted molar refractivity (Wildman–Crippen MR) is 109 cm³/mol. The van der Waals surface area contributed by atoms with Crippen LogP contribution in [-0.4, -0.2) is 30.2 Å². The number of nitrogens with zero attached hydrogens (tertiary/aromatic N) is 4. The van der Waals surface area contributed by atoms with Crippen LogP contribution >= 0.6 is 0 Å². The second-order valence-corrected chi connectivity index (χ2v) is 7.03. The lowest BCUT2D eigenvalue weighted by Crippen LogP contribution is -2.21. The number of carboxylic acid groups (broad SMARTS) is 1. The van der Waals surface area contributed by atoms with Gasteiger partial charge in [-0.3, -0.25) is 9.36 Å². The van der Waals surface area contributed by atoms with E-state index in [2.05, 4.69) is 9.97 Å². The molecular formula is C22H15FN4O3. The molecule has 1 aliphatic heterocycles. The van der Waals surface area contributed by atoms with Gasteiger partial charge in [0.2, 0.25) is 0 Å². The summed E-state index contributed by atoms with van der Waals surface area (Å²) in [6, 6.07) is 9.17. The van der Waals surface area contributed by atoms with Gasteiger partial charge in [-0.2, -0.15) is 0 Å². The summed E-state index contributed by atoms with van der Waals surface area (Å²) in [6.45, 7) is 0.471. The van der Waals surface area contributed by atoms with Crippen LogP contribution in [0.5, 0.6) is 0 Å². The monoisotopic (exact) mass is 402 g/mol. The second kappa shape index (κ2) is 6.77. The Bertz CT molecular complexity index is 1400. The molecule has 7 nitrogen and oxygen atoms in total. The summed E-state index contributed by atoms with van der Waals surface area (Å²) in [6.07, 6.45) is 7.15. The maximum atomic E-state index is 14.6. The first kappa shape index (κ1) is 18.0. The van der Waals surface area contributed by atoms with E-state index in [1.807, 2.05) is 0 Å². The second-order valence-electron chi connectivity index (χ2n) is 7.03. The van der Waals surface area contributed by atoms with E-state index < -0.39 is 11.8 Å². The molecule has 0 radical (unpaired) electrons. The van der Waals surface area contributed by atoms with Crippen LogP contribution in [0.25, 0.3) is 28.2 Å². The number of hydrogen-bond donors (Lipinski definition) is 1. The van der Waals surface area contributed by atoms with Gasteiger partial charge in [0.05, 0.1) is 28.5 Å². The lowest BCUT2D eigenvalue weighted by atomic mass is 10.1. The van der Waals surface area contributed by atoms with Crippen LogP contribution in [0.2, 0.25) is 0 Å². The maximum absolute atomic E-state index is 14.6. The molecule has 0 spiro atoms. The zero-order chi connectivity index (χ0) is 20.8. The Morgan fingerprint density at radius 1 is 1.20 bits per heavy atom. The van der Waals surface area contributed by atoms with Crippen LogP contribution < -0.4 is 5.56 Å². The summed E-state index contributed by atoms with van der Waals surface area (Å²) in [5.74, 6) is -0.993. The Hall–Kier alpha value is -4.07. The minimum Gasteiger partial charge on any atom is -0.478 e. The van der Waals surface area contributed by atoms with E-state index in [-0.39, 0.29) is 11.1 Å². The van der Waals surface area contributed by atoms with Gasteiger partial charge in [0.25, 0.3) is 5.56 Å². The van der Waals surface area contributed by atoms with Crippen molar-refractivity contribution in [2.24, 2.45) is 0 Å². The number of imidazole rings is 1. The zero-order valence-corrected chi connectivity index (χ0v) is 15.6. The first-order valence-electron chi connectivity index (χ1n) is 9.28. The van der Waals surface area contributed by atoms with E-state index in [1.54, 1.807) is 39.7 Å². The van der Waals surface area contributed by atoms with Gasteiger partial charge >= 0.3 is 5.97 Å². The van der Waals surface area contributed by atoms with Gasteiger partial charge in [0.15, 0.2) is 0 Å². The van der Waals surface area contributed by atoms with Crippen LogP contribution in [0.1, 0.15) is 28.2 Å². The number of aromatic carboxylic acids is 1. The molecule has 8 heteroatoms. The van der Waals surface area contributed by atoms with Crippen molar-refractivity contribution in [2.75, 3.05) is 0 Å². The summed E-state index contributed by atoms with van der Waals surface area (Å²) >= 11 is 0. The van der Waals surface area contributed by atoms with Gasteiger partial charge in [-0.25, -0.2) is 19.2 Å². The highest BCUT2D eigenvalue weighted by Gasteiger charge is 2.21. The third kappa shape index (κ3) is 2.89. The van der Waals surface area contributed by atoms with Crippen molar-refractivity contribution in [1.29, 1.82) is 0 Å². The Morgan fingerprint density at radius 3 is 2.80 bits per heavy atom. The van der Waals surface area contributed by atoms with Crippen molar-refractivity contribution in [2.45, 2.75) is 13.0 Å². The molecule has 4 aromatic rings. The third-order valence-electron chi connectivity index (χ3n) is 5.19. The molecule has 0 aliphatic carbocycles. The minimum absolute atomic E-state index is 0.0695. The highest BCUT2D eigenvalue weighted by atomic mass is 19.1. The molecule has 0 atom stereocenters. The van der Waals surface area contributed by atoms with Crippen molar-refractivity contribution >= 4 is 28.5 Å². The Kier molecular flexibility index (Phi) is 4.06. The third-order valence-corrected chi connectivity index (χ3v) is 5.19. The van der Waals surface area contributed by atoms with Crippen LogP contribution in [-0.2, 0) is 6.54 Å². The van der Waals surface area contributed by atoms with Gasteiger partial charge in [-0.1, -0.05) is 6.07 Å². The number of aromatic nitrogens is 4. The van der Waals surface area contributed by atoms with Gasteiger partial charge in [0, 0.05) is 18.9 Å². The fourth-order valence-corrected chi connectivity index (χ4v) is 3.71. The normalized spacial score (nSPS) is 14.4. The molecule has 0 unspecified atom stereocenters. The fourth-order valence-electron chi connectivity index (χ4n) is 3.71. The smallest absolute Gasteiger partial charge is 0.335 e. The quantitative estimate of drug-likeness (QED) is 0.568. The van der Waals surface area contributed by atoms with Crippen molar-refractivity contribution < 1.29 is 14.3 Å². The summed E-state index contributed by atoms with van der Waals surface area (Å²) in [4.78, 5) is 32.5. The van der Waals surface area contributed by atoms with Gasteiger partial charge in [-0.15, -0.1) is 0 Å². The molecule has 0 saturated heterocycles. The molecule has 0 bridgehead atoms. The van der Waals surface area contributed by atoms with Crippen molar-refractivity contribution in [3.8, 4) is 5.69 Å². The number of allylic oxidation sites excluding steroid dienone is 1. The average Bonchev–Trinajstić information content (AvgIpc) is 3.39. The van der Waals surface area contributed by atoms with Crippen molar-refractivity contribution in [1.82, 2.24) is 19.1 Å². The van der Waals surface area contributed by atoms with E-state index in [1.165, 1.54) is 30.6 Å². The van der Waals surface area contributed by atoms with Crippen LogP contribution in [0.4, 0.5) is 4.39 Å². The molecular weight excluding hydrogens is 387 g/mol. The minimum atomic E-state index is -1.08. The first-order chi connectivity index (χ1) is 14.5. The van der Waals surface area contributed by atoms with E-state index in [9.17, 15) is 19.1 Å². The number of carbonyl (C=O) groups is 1. The van der Waals surface area contributed by atoms with Crippen LogP contribution in [0.15, 0.2) is 59.9 Å². The molecule has 1 N–H and O–H groups in total. The van der Waals surface area contributed by atoms with Gasteiger partial charge in [0.1, 0.15) is 11.6 Å². The molecule has 0 amide bonds. The lowest BCUT2D eigenvalue weighted by molar-refractivity contribution is 0.0697. The lowest BCUT2D eigenvalue weighted by Gasteiger charge is -2.07. The van der Waals surface area contributed by atoms with Crippen molar-refractivity contribution in [3.05, 3.63) is 88.2 Å². The molecule has 5 rings (SSSR count). The number of carboxylic acids is 1. The van der Waals surface area contributed by atoms with Crippen LogP contribution in [0, 0.1) is 5.82 Å². The number of hydrogen-bond acceptors (Lipinski definition) is 4. The Balaban J connectivity index is 1.59. The fraction of sp³-hybridized carbons (Fsp3) is 0.0909. The van der Waals surface area contributed by atoms with E-state index >= 15 is 0 Å². The largest absolute Gasteiger partial charge is 0.478 e. The van der Waals surface area contributed by atoms with Gasteiger partial charge < -0.3 is 9.67 Å². The average molecular weight is 402 g/mol. The molecule has 0 fully saturated rings. The highest BCUT2D eigenvalue weighted by Crippen LogP contribution is 2.28. The number of halogens is 1. The topological polar surface area (TPSA) is 90.0 Å². The zero-order valence-electron chi connectivity index (χ0n) is 15.6. The summed E-state index contributed by atoms with van der Waals surface area (Å²) in [5.41, 5.74) is 2.03.